The molecule has 1 aromatic carbocycles. The molecule has 1 aromatic heterocycles. The zero-order valence-corrected chi connectivity index (χ0v) is 12.6. The molecule has 0 spiro atoms. The standard InChI is InChI=1S/C14H15ClN4S/c1-10-4-2-3-5-11(10)6-7-18-14(20)19-13-12(15)16-8-9-17-13/h2-5,8-9H,6-7H2,1H3,(H2,17,18,19,20). The third kappa shape index (κ3) is 4.15. The van der Waals surface area contributed by atoms with Crippen molar-refractivity contribution < 1.29 is 0 Å². The van der Waals surface area contributed by atoms with E-state index in [1.807, 2.05) is 12.1 Å². The zero-order chi connectivity index (χ0) is 14.4. The maximum atomic E-state index is 5.90. The monoisotopic (exact) mass is 306 g/mol. The maximum absolute atomic E-state index is 5.90. The molecule has 0 unspecified atom stereocenters. The number of benzene rings is 1. The fourth-order valence-electron chi connectivity index (χ4n) is 1.76. The summed E-state index contributed by atoms with van der Waals surface area (Å²) in [5, 5.41) is 6.84. The second-order valence-electron chi connectivity index (χ2n) is 4.25. The fourth-order valence-corrected chi connectivity index (χ4v) is 2.11. The molecule has 0 atom stereocenters. The lowest BCUT2D eigenvalue weighted by molar-refractivity contribution is 0.867. The van der Waals surface area contributed by atoms with Crippen LogP contribution in [0.5, 0.6) is 0 Å². The van der Waals surface area contributed by atoms with Crippen LogP contribution in [0.4, 0.5) is 5.82 Å². The van der Waals surface area contributed by atoms with Crippen LogP contribution in [0.3, 0.4) is 0 Å². The van der Waals surface area contributed by atoms with E-state index in [1.54, 1.807) is 6.20 Å². The quantitative estimate of drug-likeness (QED) is 0.851. The highest BCUT2D eigenvalue weighted by Gasteiger charge is 2.04. The van der Waals surface area contributed by atoms with Crippen molar-refractivity contribution in [2.75, 3.05) is 11.9 Å². The van der Waals surface area contributed by atoms with E-state index in [-0.39, 0.29) is 0 Å². The third-order valence-electron chi connectivity index (χ3n) is 2.83. The Kier molecular flexibility index (Phi) is 5.26. The largest absolute Gasteiger partial charge is 0.362 e. The molecule has 1 heterocycles. The lowest BCUT2D eigenvalue weighted by atomic mass is 10.1. The zero-order valence-electron chi connectivity index (χ0n) is 11.1. The Balaban J connectivity index is 1.82. The molecule has 2 rings (SSSR count). The van der Waals surface area contributed by atoms with Gasteiger partial charge in [0.05, 0.1) is 0 Å². The number of rotatable bonds is 4. The average molecular weight is 307 g/mol. The summed E-state index contributed by atoms with van der Waals surface area (Å²) in [4.78, 5) is 7.99. The molecule has 6 heteroatoms. The first-order chi connectivity index (χ1) is 9.66. The van der Waals surface area contributed by atoms with E-state index in [0.717, 1.165) is 13.0 Å². The summed E-state index contributed by atoms with van der Waals surface area (Å²) in [5.41, 5.74) is 2.59. The van der Waals surface area contributed by atoms with E-state index in [1.165, 1.54) is 17.3 Å². The van der Waals surface area contributed by atoms with E-state index >= 15 is 0 Å². The van der Waals surface area contributed by atoms with Gasteiger partial charge in [0.2, 0.25) is 0 Å². The Morgan fingerprint density at radius 1 is 1.25 bits per heavy atom. The van der Waals surface area contributed by atoms with Gasteiger partial charge in [0.15, 0.2) is 16.1 Å². The first-order valence-electron chi connectivity index (χ1n) is 6.22. The molecule has 2 N–H and O–H groups in total. The normalized spacial score (nSPS) is 10.1. The van der Waals surface area contributed by atoms with E-state index in [4.69, 9.17) is 23.8 Å². The summed E-state index contributed by atoms with van der Waals surface area (Å²) in [6.07, 6.45) is 4.00. The van der Waals surface area contributed by atoms with Crippen LogP contribution in [0.15, 0.2) is 36.7 Å². The van der Waals surface area contributed by atoms with Gasteiger partial charge in [0.1, 0.15) is 0 Å². The van der Waals surface area contributed by atoms with Crippen molar-refractivity contribution in [1.82, 2.24) is 15.3 Å². The predicted molar refractivity (Wildman–Crippen MR) is 86.1 cm³/mol. The van der Waals surface area contributed by atoms with Crippen molar-refractivity contribution in [3.63, 3.8) is 0 Å². The lowest BCUT2D eigenvalue weighted by Gasteiger charge is -2.11. The fraction of sp³-hybridized carbons (Fsp3) is 0.214. The van der Waals surface area contributed by atoms with Gasteiger partial charge in [-0.2, -0.15) is 0 Å². The minimum atomic E-state index is 0.301. The van der Waals surface area contributed by atoms with Gasteiger partial charge in [-0.05, 0) is 36.7 Å². The number of halogens is 1. The number of nitrogens with zero attached hydrogens (tertiary/aromatic N) is 2. The van der Waals surface area contributed by atoms with E-state index in [2.05, 4.69) is 39.7 Å². The first-order valence-corrected chi connectivity index (χ1v) is 7.01. The number of aromatic nitrogens is 2. The molecule has 0 bridgehead atoms. The molecule has 0 amide bonds. The molecular weight excluding hydrogens is 292 g/mol. The molecule has 0 aliphatic carbocycles. The summed E-state index contributed by atoms with van der Waals surface area (Å²) >= 11 is 11.1. The Morgan fingerprint density at radius 2 is 2.00 bits per heavy atom. The summed E-state index contributed by atoms with van der Waals surface area (Å²) in [7, 11) is 0. The van der Waals surface area contributed by atoms with E-state index in [9.17, 15) is 0 Å². The van der Waals surface area contributed by atoms with Crippen LogP contribution < -0.4 is 10.6 Å². The Bertz CT molecular complexity index is 603. The Morgan fingerprint density at radius 3 is 2.75 bits per heavy atom. The highest BCUT2D eigenvalue weighted by Crippen LogP contribution is 2.13. The lowest BCUT2D eigenvalue weighted by Crippen LogP contribution is -2.30. The molecule has 0 saturated heterocycles. The molecule has 104 valence electrons. The summed E-state index contributed by atoms with van der Waals surface area (Å²) in [6, 6.07) is 8.30. The average Bonchev–Trinajstić information content (AvgIpc) is 2.43. The van der Waals surface area contributed by atoms with Crippen LogP contribution in [-0.4, -0.2) is 21.6 Å². The van der Waals surface area contributed by atoms with Gasteiger partial charge in [0, 0.05) is 18.9 Å². The molecule has 0 radical (unpaired) electrons. The number of hydrogen-bond acceptors (Lipinski definition) is 3. The predicted octanol–water partition coefficient (Wildman–Crippen LogP) is 2.97. The maximum Gasteiger partial charge on any atom is 0.172 e. The van der Waals surface area contributed by atoms with Crippen molar-refractivity contribution in [2.45, 2.75) is 13.3 Å². The molecule has 4 nitrogen and oxygen atoms in total. The van der Waals surface area contributed by atoms with E-state index < -0.39 is 0 Å². The van der Waals surface area contributed by atoms with Crippen molar-refractivity contribution in [3.05, 3.63) is 52.9 Å². The number of hydrogen-bond donors (Lipinski definition) is 2. The molecule has 0 saturated carbocycles. The van der Waals surface area contributed by atoms with Gasteiger partial charge in [-0.25, -0.2) is 9.97 Å². The molecule has 20 heavy (non-hydrogen) atoms. The molecule has 2 aromatic rings. The Hall–Kier alpha value is -1.72. The molecular formula is C14H15ClN4S. The van der Waals surface area contributed by atoms with Gasteiger partial charge in [-0.15, -0.1) is 0 Å². The van der Waals surface area contributed by atoms with Gasteiger partial charge in [0.25, 0.3) is 0 Å². The third-order valence-corrected chi connectivity index (χ3v) is 3.35. The summed E-state index contributed by atoms with van der Waals surface area (Å²) in [5.74, 6) is 0.461. The summed E-state index contributed by atoms with van der Waals surface area (Å²) in [6.45, 7) is 2.85. The Labute approximate surface area is 128 Å². The van der Waals surface area contributed by atoms with Crippen molar-refractivity contribution in [1.29, 1.82) is 0 Å². The van der Waals surface area contributed by atoms with Crippen LogP contribution in [0.25, 0.3) is 0 Å². The van der Waals surface area contributed by atoms with Gasteiger partial charge < -0.3 is 10.6 Å². The van der Waals surface area contributed by atoms with Crippen LogP contribution in [0, 0.1) is 6.92 Å². The van der Waals surface area contributed by atoms with Crippen LogP contribution >= 0.6 is 23.8 Å². The number of aryl methyl sites for hydroxylation is 1. The van der Waals surface area contributed by atoms with E-state index in [0.29, 0.717) is 16.1 Å². The van der Waals surface area contributed by atoms with Crippen LogP contribution in [0.2, 0.25) is 5.15 Å². The van der Waals surface area contributed by atoms with Gasteiger partial charge >= 0.3 is 0 Å². The highest BCUT2D eigenvalue weighted by molar-refractivity contribution is 7.80. The SMILES string of the molecule is Cc1ccccc1CCNC(=S)Nc1nccnc1Cl. The highest BCUT2D eigenvalue weighted by atomic mass is 35.5. The number of anilines is 1. The van der Waals surface area contributed by atoms with Gasteiger partial charge in [-0.1, -0.05) is 35.9 Å². The van der Waals surface area contributed by atoms with Crippen molar-refractivity contribution in [2.24, 2.45) is 0 Å². The smallest absolute Gasteiger partial charge is 0.172 e. The number of thiocarbonyl (C=S) groups is 1. The molecule has 0 fully saturated rings. The topological polar surface area (TPSA) is 49.8 Å². The summed E-state index contributed by atoms with van der Waals surface area (Å²) < 4.78 is 0. The minimum absolute atomic E-state index is 0.301. The molecule has 0 aliphatic heterocycles. The van der Waals surface area contributed by atoms with Crippen LogP contribution in [0.1, 0.15) is 11.1 Å². The molecule has 0 aliphatic rings. The number of nitrogens with one attached hydrogen (secondary N) is 2. The van der Waals surface area contributed by atoms with Crippen molar-refractivity contribution in [3.8, 4) is 0 Å². The second kappa shape index (κ2) is 7.17. The minimum Gasteiger partial charge on any atom is -0.362 e. The first kappa shape index (κ1) is 14.7. The second-order valence-corrected chi connectivity index (χ2v) is 5.02. The van der Waals surface area contributed by atoms with Gasteiger partial charge in [-0.3, -0.25) is 0 Å². The van der Waals surface area contributed by atoms with Crippen molar-refractivity contribution >= 4 is 34.7 Å². The van der Waals surface area contributed by atoms with Crippen LogP contribution in [-0.2, 0) is 6.42 Å².